The zero-order chi connectivity index (χ0) is 36.1. The van der Waals surface area contributed by atoms with E-state index in [1.807, 2.05) is 25.1 Å². The van der Waals surface area contributed by atoms with Gasteiger partial charge in [0, 0.05) is 13.2 Å². The Kier molecular flexibility index (Phi) is 17.3. The van der Waals surface area contributed by atoms with Crippen molar-refractivity contribution in [2.75, 3.05) is 40.6 Å². The molecule has 0 aliphatic carbocycles. The number of nitrogens with zero attached hydrogens (tertiary/aromatic N) is 3. The van der Waals surface area contributed by atoms with Crippen LogP contribution in [-0.4, -0.2) is 69.9 Å². The molecule has 50 heavy (non-hydrogen) atoms. The Morgan fingerprint density at radius 3 is 1.62 bits per heavy atom. The molecule has 0 aliphatic heterocycles. The highest BCUT2D eigenvalue weighted by Gasteiger charge is 2.17. The number of hydrogen-bond acceptors (Lipinski definition) is 10. The number of hydrazone groups is 2. The van der Waals surface area contributed by atoms with Crippen molar-refractivity contribution in [1.29, 1.82) is 0 Å². The Morgan fingerprint density at radius 2 is 1.14 bits per heavy atom. The Labute approximate surface area is 295 Å². The van der Waals surface area contributed by atoms with Crippen LogP contribution in [0.3, 0.4) is 0 Å². The minimum absolute atomic E-state index is 0.207. The third-order valence-corrected chi connectivity index (χ3v) is 7.68. The number of carbonyl (C=O) groups excluding carboxylic acids is 2. The fraction of sp³-hybridized carbons (Fsp3) is 0.447. The number of amides is 2. The van der Waals surface area contributed by atoms with Gasteiger partial charge in [0.1, 0.15) is 0 Å². The summed E-state index contributed by atoms with van der Waals surface area (Å²) < 4.78 is 28.1. The van der Waals surface area contributed by atoms with E-state index in [2.05, 4.69) is 33.0 Å². The topological polar surface area (TPSA) is 142 Å². The lowest BCUT2D eigenvalue weighted by molar-refractivity contribution is 0.0954. The first-order valence-corrected chi connectivity index (χ1v) is 17.2. The van der Waals surface area contributed by atoms with Crippen LogP contribution in [0.4, 0.5) is 0 Å². The number of unbranched alkanes of at least 4 members (excludes halogenated alkanes) is 5. The van der Waals surface area contributed by atoms with Crippen molar-refractivity contribution in [2.45, 2.75) is 72.6 Å². The van der Waals surface area contributed by atoms with E-state index in [4.69, 9.17) is 23.7 Å². The van der Waals surface area contributed by atoms with Gasteiger partial charge in [-0.1, -0.05) is 32.6 Å². The maximum atomic E-state index is 13.0. The van der Waals surface area contributed by atoms with Crippen LogP contribution in [0, 0.1) is 13.8 Å². The molecule has 0 aliphatic rings. The number of aromatic nitrogens is 1. The number of hydrogen-bond donors (Lipinski definition) is 2. The van der Waals surface area contributed by atoms with Crippen LogP contribution in [0.15, 0.2) is 52.7 Å². The van der Waals surface area contributed by atoms with Crippen LogP contribution in [-0.2, 0) is 4.74 Å². The monoisotopic (exact) mass is 689 g/mol. The van der Waals surface area contributed by atoms with Gasteiger partial charge < -0.3 is 23.7 Å². The van der Waals surface area contributed by atoms with Gasteiger partial charge in [-0.2, -0.15) is 10.2 Å². The molecule has 0 fully saturated rings. The Balaban J connectivity index is 1.57. The molecule has 1 heterocycles. The smallest absolute Gasteiger partial charge is 0.273 e. The number of carbonyl (C=O) groups is 2. The van der Waals surface area contributed by atoms with E-state index in [1.165, 1.54) is 37.8 Å². The molecule has 3 aromatic rings. The van der Waals surface area contributed by atoms with Crippen molar-refractivity contribution < 1.29 is 33.3 Å². The lowest BCUT2D eigenvalue weighted by Crippen LogP contribution is -2.23. The largest absolute Gasteiger partial charge is 0.493 e. The zero-order valence-corrected chi connectivity index (χ0v) is 30.2. The molecule has 3 rings (SSSR count). The van der Waals surface area contributed by atoms with Gasteiger partial charge in [-0.05, 0) is 93.6 Å². The summed E-state index contributed by atoms with van der Waals surface area (Å²) >= 11 is 0. The molecule has 1 aromatic heterocycles. The van der Waals surface area contributed by atoms with Gasteiger partial charge in [-0.15, -0.1) is 0 Å². The highest BCUT2D eigenvalue weighted by molar-refractivity contribution is 6.01. The van der Waals surface area contributed by atoms with Crippen LogP contribution in [0.5, 0.6) is 23.0 Å². The lowest BCUT2D eigenvalue weighted by Gasteiger charge is -2.11. The van der Waals surface area contributed by atoms with Gasteiger partial charge in [0.25, 0.3) is 11.8 Å². The van der Waals surface area contributed by atoms with Crippen molar-refractivity contribution in [3.63, 3.8) is 0 Å². The van der Waals surface area contributed by atoms with E-state index < -0.39 is 11.8 Å². The molecule has 0 radical (unpaired) electrons. The van der Waals surface area contributed by atoms with E-state index in [0.29, 0.717) is 71.9 Å². The Hall–Kier alpha value is -4.97. The fourth-order valence-electron chi connectivity index (χ4n) is 4.92. The van der Waals surface area contributed by atoms with E-state index in [-0.39, 0.29) is 11.1 Å². The summed E-state index contributed by atoms with van der Waals surface area (Å²) in [6.45, 7) is 10.1. The Morgan fingerprint density at radius 1 is 0.660 bits per heavy atom. The molecular formula is C38H51N5O7. The van der Waals surface area contributed by atoms with Crippen molar-refractivity contribution >= 4 is 24.2 Å². The molecule has 12 heteroatoms. The number of methoxy groups -OCH3 is 2. The second-order valence-electron chi connectivity index (χ2n) is 11.5. The summed E-state index contributed by atoms with van der Waals surface area (Å²) in [7, 11) is 3.14. The molecule has 12 nitrogen and oxygen atoms in total. The first kappa shape index (κ1) is 39.5. The van der Waals surface area contributed by atoms with Crippen molar-refractivity contribution in [1.82, 2.24) is 15.8 Å². The molecule has 2 amide bonds. The minimum Gasteiger partial charge on any atom is -0.493 e. The summed E-state index contributed by atoms with van der Waals surface area (Å²) in [5.74, 6) is 1.38. The van der Waals surface area contributed by atoms with E-state index in [1.54, 1.807) is 46.3 Å². The summed E-state index contributed by atoms with van der Waals surface area (Å²) in [5.41, 5.74) is 7.76. The van der Waals surface area contributed by atoms with Crippen LogP contribution in [0.25, 0.3) is 0 Å². The van der Waals surface area contributed by atoms with Crippen molar-refractivity contribution in [2.24, 2.45) is 10.2 Å². The molecule has 0 saturated carbocycles. The third-order valence-electron chi connectivity index (χ3n) is 7.68. The van der Waals surface area contributed by atoms with Gasteiger partial charge in [0.2, 0.25) is 0 Å². The molecule has 2 N–H and O–H groups in total. The lowest BCUT2D eigenvalue weighted by atomic mass is 10.1. The molecule has 0 atom stereocenters. The average molecular weight is 690 g/mol. The summed E-state index contributed by atoms with van der Waals surface area (Å²) in [6, 6.07) is 12.3. The van der Waals surface area contributed by atoms with Crippen LogP contribution in [0.2, 0.25) is 0 Å². The van der Waals surface area contributed by atoms with Gasteiger partial charge in [0.05, 0.1) is 62.4 Å². The van der Waals surface area contributed by atoms with Gasteiger partial charge in [-0.3, -0.25) is 14.6 Å². The number of rotatable bonds is 22. The second-order valence-corrected chi connectivity index (χ2v) is 11.5. The molecule has 270 valence electrons. The van der Waals surface area contributed by atoms with Crippen LogP contribution < -0.4 is 29.8 Å². The molecule has 0 saturated heterocycles. The number of pyridine rings is 1. The minimum atomic E-state index is -0.516. The predicted octanol–water partition coefficient (Wildman–Crippen LogP) is 6.79. The summed E-state index contributed by atoms with van der Waals surface area (Å²) in [4.78, 5) is 30.5. The van der Waals surface area contributed by atoms with Crippen LogP contribution >= 0.6 is 0 Å². The maximum Gasteiger partial charge on any atom is 0.273 e. The van der Waals surface area contributed by atoms with Crippen molar-refractivity contribution in [3.8, 4) is 23.0 Å². The quantitative estimate of drug-likeness (QED) is 0.0668. The Bertz CT molecular complexity index is 1480. The van der Waals surface area contributed by atoms with Gasteiger partial charge in [-0.25, -0.2) is 10.9 Å². The maximum absolute atomic E-state index is 13.0. The van der Waals surface area contributed by atoms with Gasteiger partial charge in [0.15, 0.2) is 23.0 Å². The number of ether oxygens (including phenoxy) is 5. The van der Waals surface area contributed by atoms with E-state index in [0.717, 1.165) is 25.7 Å². The average Bonchev–Trinajstić information content (AvgIpc) is 3.11. The molecule has 0 bridgehead atoms. The molecule has 2 aromatic carbocycles. The van der Waals surface area contributed by atoms with Gasteiger partial charge >= 0.3 is 0 Å². The highest BCUT2D eigenvalue weighted by Crippen LogP contribution is 2.29. The molecule has 0 spiro atoms. The number of nitrogens with one attached hydrogen (secondary N) is 2. The van der Waals surface area contributed by atoms with E-state index in [9.17, 15) is 9.59 Å². The normalized spacial score (nSPS) is 11.2. The van der Waals surface area contributed by atoms with Crippen LogP contribution in [0.1, 0.15) is 102 Å². The highest BCUT2D eigenvalue weighted by atomic mass is 16.5. The summed E-state index contributed by atoms with van der Waals surface area (Å²) in [5, 5.41) is 8.20. The zero-order valence-electron chi connectivity index (χ0n) is 30.2. The summed E-state index contributed by atoms with van der Waals surface area (Å²) in [6.07, 6.45) is 10.5. The predicted molar refractivity (Wildman–Crippen MR) is 195 cm³/mol. The SMILES string of the molecule is CCCCCCCOc1ccc(C=NNC(=O)c2cc(C(=O)NN=Cc3ccc(OCCCCOCC)c(OC)c3)c(C)nc2C)cc1OC. The fourth-order valence-corrected chi connectivity index (χ4v) is 4.92. The number of aryl methyl sites for hydroxylation is 2. The van der Waals surface area contributed by atoms with Crippen molar-refractivity contribution in [3.05, 3.63) is 76.1 Å². The molecule has 0 unspecified atom stereocenters. The molecular weight excluding hydrogens is 638 g/mol. The standard InChI is InChI=1S/C38H51N5O7/c1-7-9-10-11-12-20-49-33-17-15-29(22-35(33)46-5)25-39-42-37(44)31-24-32(28(4)41-27(31)3)38(45)43-40-26-30-16-18-34(36(23-30)47-6)50-21-14-13-19-48-8-2/h15-18,22-26H,7-14,19-21H2,1-6H3,(H,42,44)(H,43,45). The first-order chi connectivity index (χ1) is 24.3. The number of benzene rings is 2. The second kappa shape index (κ2) is 21.9. The third kappa shape index (κ3) is 12.8. The van der Waals surface area contributed by atoms with E-state index >= 15 is 0 Å². The first-order valence-electron chi connectivity index (χ1n) is 17.2.